The van der Waals surface area contributed by atoms with Gasteiger partial charge in [-0.05, 0) is 41.5 Å². The highest BCUT2D eigenvalue weighted by molar-refractivity contribution is 5.89. The van der Waals surface area contributed by atoms with Crippen LogP contribution in [0.5, 0.6) is 0 Å². The number of hydrogen-bond acceptors (Lipinski definition) is 0. The summed E-state index contributed by atoms with van der Waals surface area (Å²) in [5.41, 5.74) is 7.49. The molecule has 0 N–H and O–H groups in total. The van der Waals surface area contributed by atoms with Crippen LogP contribution in [0.1, 0.15) is 0 Å². The normalized spacial score (nSPS) is 11.5. The summed E-state index contributed by atoms with van der Waals surface area (Å²) >= 11 is 0. The molecule has 2 nitrogen and oxygen atoms in total. The minimum atomic E-state index is 1.24. The van der Waals surface area contributed by atoms with Gasteiger partial charge in [-0.2, -0.15) is 0 Å². The Morgan fingerprint density at radius 3 is 1.42 bits per heavy atom. The van der Waals surface area contributed by atoms with E-state index in [-0.39, 0.29) is 0 Å². The van der Waals surface area contributed by atoms with Gasteiger partial charge in [0.25, 0.3) is 0 Å². The standard InChI is InChI=1S/C24H20N2/c1-25-21-12-5-3-8-19(21)15-23(25)17-10-7-11-18(14-17)24-16-20-9-4-6-13-22(20)26(24)2/h3-16H,1-2H3. The molecule has 0 amide bonds. The van der Waals surface area contributed by atoms with Crippen molar-refractivity contribution in [1.82, 2.24) is 9.13 Å². The lowest BCUT2D eigenvalue weighted by Gasteiger charge is -2.09. The smallest absolute Gasteiger partial charge is 0.0488 e. The highest BCUT2D eigenvalue weighted by atomic mass is 15.0. The number of fused-ring (bicyclic) bond motifs is 2. The van der Waals surface area contributed by atoms with Crippen molar-refractivity contribution in [3.05, 3.63) is 84.9 Å². The number of hydrogen-bond donors (Lipinski definition) is 0. The summed E-state index contributed by atoms with van der Waals surface area (Å²) in [6.07, 6.45) is 0. The van der Waals surface area contributed by atoms with Gasteiger partial charge in [-0.3, -0.25) is 0 Å². The number of aryl methyl sites for hydroxylation is 2. The van der Waals surface area contributed by atoms with Crippen molar-refractivity contribution >= 4 is 21.8 Å². The van der Waals surface area contributed by atoms with E-state index in [0.717, 1.165) is 0 Å². The molecule has 2 aromatic heterocycles. The van der Waals surface area contributed by atoms with Crippen molar-refractivity contribution in [1.29, 1.82) is 0 Å². The Labute approximate surface area is 152 Å². The summed E-state index contributed by atoms with van der Waals surface area (Å²) < 4.78 is 4.55. The molecule has 0 fully saturated rings. The largest absolute Gasteiger partial charge is 0.344 e. The van der Waals surface area contributed by atoms with Gasteiger partial charge in [-0.1, -0.05) is 54.6 Å². The second-order valence-electron chi connectivity index (χ2n) is 6.88. The number of para-hydroxylation sites is 2. The fourth-order valence-corrected chi connectivity index (χ4v) is 3.97. The molecule has 0 aliphatic carbocycles. The molecule has 0 radical (unpaired) electrons. The van der Waals surface area contributed by atoms with Crippen LogP contribution in [0.25, 0.3) is 44.3 Å². The SMILES string of the molecule is Cn1c(-c2cccc(-c3cc4ccccc4n3C)c2)cc2ccccc21. The summed E-state index contributed by atoms with van der Waals surface area (Å²) in [7, 11) is 4.28. The van der Waals surface area contributed by atoms with Crippen molar-refractivity contribution in [3.8, 4) is 22.5 Å². The first-order chi connectivity index (χ1) is 12.7. The first-order valence-electron chi connectivity index (χ1n) is 8.92. The predicted molar refractivity (Wildman–Crippen MR) is 110 cm³/mol. The number of nitrogens with zero attached hydrogens (tertiary/aromatic N) is 2. The Morgan fingerprint density at radius 2 is 0.962 bits per heavy atom. The third kappa shape index (κ3) is 2.19. The Balaban J connectivity index is 1.69. The van der Waals surface area contributed by atoms with Crippen molar-refractivity contribution < 1.29 is 0 Å². The van der Waals surface area contributed by atoms with E-state index in [2.05, 4.69) is 108 Å². The molecule has 0 spiro atoms. The van der Waals surface area contributed by atoms with E-state index in [9.17, 15) is 0 Å². The van der Waals surface area contributed by atoms with Crippen LogP contribution in [-0.2, 0) is 14.1 Å². The molecule has 0 saturated carbocycles. The maximum Gasteiger partial charge on any atom is 0.0488 e. The van der Waals surface area contributed by atoms with Crippen LogP contribution in [0.15, 0.2) is 84.9 Å². The Hall–Kier alpha value is -3.26. The Kier molecular flexibility index (Phi) is 3.26. The zero-order valence-electron chi connectivity index (χ0n) is 15.0. The Morgan fingerprint density at radius 1 is 0.500 bits per heavy atom. The van der Waals surface area contributed by atoms with Crippen LogP contribution >= 0.6 is 0 Å². The van der Waals surface area contributed by atoms with Gasteiger partial charge < -0.3 is 9.13 Å². The molecule has 0 saturated heterocycles. The van der Waals surface area contributed by atoms with E-state index in [1.165, 1.54) is 44.3 Å². The molecule has 126 valence electrons. The molecule has 0 aliphatic rings. The van der Waals surface area contributed by atoms with Crippen LogP contribution in [-0.4, -0.2) is 9.13 Å². The highest BCUT2D eigenvalue weighted by Gasteiger charge is 2.11. The summed E-state index contributed by atoms with van der Waals surface area (Å²) in [5.74, 6) is 0. The maximum absolute atomic E-state index is 2.29. The van der Waals surface area contributed by atoms with Gasteiger partial charge in [0, 0.05) is 47.3 Å². The van der Waals surface area contributed by atoms with Gasteiger partial charge in [-0.25, -0.2) is 0 Å². The van der Waals surface area contributed by atoms with Crippen LogP contribution < -0.4 is 0 Å². The first-order valence-corrected chi connectivity index (χ1v) is 8.92. The third-order valence-electron chi connectivity index (χ3n) is 5.36. The van der Waals surface area contributed by atoms with Crippen LogP contribution in [0.4, 0.5) is 0 Å². The first kappa shape index (κ1) is 15.0. The van der Waals surface area contributed by atoms with Crippen molar-refractivity contribution in [3.63, 3.8) is 0 Å². The number of aromatic nitrogens is 2. The average molecular weight is 336 g/mol. The molecule has 5 aromatic rings. The molecule has 0 atom stereocenters. The molecule has 5 rings (SSSR count). The number of rotatable bonds is 2. The second-order valence-corrected chi connectivity index (χ2v) is 6.88. The lowest BCUT2D eigenvalue weighted by atomic mass is 10.1. The fraction of sp³-hybridized carbons (Fsp3) is 0.0833. The molecule has 2 heteroatoms. The van der Waals surface area contributed by atoms with Crippen LogP contribution in [0.2, 0.25) is 0 Å². The summed E-state index contributed by atoms with van der Waals surface area (Å²) in [6, 6.07) is 30.5. The minimum absolute atomic E-state index is 1.24. The fourth-order valence-electron chi connectivity index (χ4n) is 3.97. The van der Waals surface area contributed by atoms with Gasteiger partial charge in [-0.15, -0.1) is 0 Å². The predicted octanol–water partition coefficient (Wildman–Crippen LogP) is 6.00. The summed E-state index contributed by atoms with van der Waals surface area (Å²) in [4.78, 5) is 0. The topological polar surface area (TPSA) is 9.86 Å². The number of benzene rings is 3. The van der Waals surface area contributed by atoms with Gasteiger partial charge in [0.05, 0.1) is 0 Å². The monoisotopic (exact) mass is 336 g/mol. The molecule has 0 unspecified atom stereocenters. The quantitative estimate of drug-likeness (QED) is 0.374. The van der Waals surface area contributed by atoms with Gasteiger partial charge >= 0.3 is 0 Å². The zero-order chi connectivity index (χ0) is 17.7. The Bertz CT molecular complexity index is 1160. The zero-order valence-corrected chi connectivity index (χ0v) is 15.0. The van der Waals surface area contributed by atoms with Crippen LogP contribution in [0, 0.1) is 0 Å². The highest BCUT2D eigenvalue weighted by Crippen LogP contribution is 2.32. The van der Waals surface area contributed by atoms with Gasteiger partial charge in [0.15, 0.2) is 0 Å². The lowest BCUT2D eigenvalue weighted by molar-refractivity contribution is 0.974. The molecule has 2 heterocycles. The molecular weight excluding hydrogens is 316 g/mol. The lowest BCUT2D eigenvalue weighted by Crippen LogP contribution is -1.93. The van der Waals surface area contributed by atoms with Crippen molar-refractivity contribution in [2.75, 3.05) is 0 Å². The van der Waals surface area contributed by atoms with E-state index < -0.39 is 0 Å². The van der Waals surface area contributed by atoms with E-state index in [1.54, 1.807) is 0 Å². The van der Waals surface area contributed by atoms with Crippen molar-refractivity contribution in [2.45, 2.75) is 0 Å². The van der Waals surface area contributed by atoms with Gasteiger partial charge in [0.1, 0.15) is 0 Å². The third-order valence-corrected chi connectivity index (χ3v) is 5.36. The summed E-state index contributed by atoms with van der Waals surface area (Å²) in [6.45, 7) is 0. The second kappa shape index (κ2) is 5.63. The molecule has 3 aromatic carbocycles. The van der Waals surface area contributed by atoms with E-state index in [0.29, 0.717) is 0 Å². The van der Waals surface area contributed by atoms with Crippen LogP contribution in [0.3, 0.4) is 0 Å². The van der Waals surface area contributed by atoms with Gasteiger partial charge in [0.2, 0.25) is 0 Å². The van der Waals surface area contributed by atoms with Crippen molar-refractivity contribution in [2.24, 2.45) is 14.1 Å². The van der Waals surface area contributed by atoms with E-state index in [1.807, 2.05) is 0 Å². The summed E-state index contributed by atoms with van der Waals surface area (Å²) in [5, 5.41) is 2.56. The van der Waals surface area contributed by atoms with E-state index in [4.69, 9.17) is 0 Å². The molecule has 0 aliphatic heterocycles. The van der Waals surface area contributed by atoms with E-state index >= 15 is 0 Å². The average Bonchev–Trinajstić information content (AvgIpc) is 3.20. The maximum atomic E-state index is 2.29. The minimum Gasteiger partial charge on any atom is -0.344 e. The molecular formula is C24H20N2. The molecule has 26 heavy (non-hydrogen) atoms. The molecule has 0 bridgehead atoms.